The highest BCUT2D eigenvalue weighted by Gasteiger charge is 2.33. The highest BCUT2D eigenvalue weighted by molar-refractivity contribution is 6.01. The number of aromatic hydroxyl groups is 1. The molecule has 2 aliphatic rings. The normalized spacial score (nSPS) is 20.1. The van der Waals surface area contributed by atoms with Gasteiger partial charge in [0.25, 0.3) is 0 Å². The number of phenols is 1. The largest absolute Gasteiger partial charge is 0.508 e. The van der Waals surface area contributed by atoms with Gasteiger partial charge in [-0.25, -0.2) is 14.4 Å². The third kappa shape index (κ3) is 3.57. The van der Waals surface area contributed by atoms with Crippen molar-refractivity contribution >= 4 is 33.6 Å². The van der Waals surface area contributed by atoms with Crippen LogP contribution in [0, 0.1) is 5.82 Å². The molecule has 2 aliphatic heterocycles. The van der Waals surface area contributed by atoms with Crippen LogP contribution < -0.4 is 10.2 Å². The zero-order valence-electron chi connectivity index (χ0n) is 18.6. The topological polar surface area (TPSA) is 81.5 Å². The molecule has 0 saturated carbocycles. The smallest absolute Gasteiger partial charge is 0.157 e. The number of benzene rings is 3. The Bertz CT molecular complexity index is 1430. The number of nitrogens with zero attached hydrogens (tertiary/aromatic N) is 3. The van der Waals surface area contributed by atoms with E-state index in [0.29, 0.717) is 40.2 Å². The van der Waals surface area contributed by atoms with Crippen LogP contribution in [0.5, 0.6) is 5.75 Å². The van der Waals surface area contributed by atoms with Gasteiger partial charge in [0.05, 0.1) is 6.61 Å². The van der Waals surface area contributed by atoms with Crippen LogP contribution in [0.4, 0.5) is 10.2 Å². The first-order chi connectivity index (χ1) is 16.6. The number of piperazine rings is 1. The average molecular weight is 457 g/mol. The lowest BCUT2D eigenvalue weighted by molar-refractivity contribution is 0.343. The number of halogens is 1. The second-order valence-corrected chi connectivity index (χ2v) is 9.07. The van der Waals surface area contributed by atoms with Crippen LogP contribution in [0.25, 0.3) is 38.9 Å². The Morgan fingerprint density at radius 1 is 1.00 bits per heavy atom. The first kappa shape index (κ1) is 21.0. The van der Waals surface area contributed by atoms with Crippen molar-refractivity contribution in [2.75, 3.05) is 24.6 Å². The number of aliphatic hydroxyl groups is 1. The Hall–Kier alpha value is -3.55. The molecule has 2 atom stereocenters. The van der Waals surface area contributed by atoms with E-state index in [4.69, 9.17) is 4.98 Å². The number of rotatable bonds is 4. The summed E-state index contributed by atoms with van der Waals surface area (Å²) in [6.45, 7) is 1.48. The number of hydrogen-bond donors (Lipinski definition) is 3. The first-order valence-electron chi connectivity index (χ1n) is 11.6. The fourth-order valence-corrected chi connectivity index (χ4v) is 5.33. The molecular formula is C27H25FN4O2. The minimum Gasteiger partial charge on any atom is -0.508 e. The number of hydrogen-bond acceptors (Lipinski definition) is 6. The molecule has 1 aromatic heterocycles. The fraction of sp³-hybridized carbons (Fsp3) is 0.259. The summed E-state index contributed by atoms with van der Waals surface area (Å²) in [6.07, 6.45) is 5.43. The molecule has 172 valence electrons. The number of anilines is 1. The van der Waals surface area contributed by atoms with Gasteiger partial charge in [-0.3, -0.25) is 0 Å². The number of nitrogens with one attached hydrogen (secondary N) is 1. The summed E-state index contributed by atoms with van der Waals surface area (Å²) >= 11 is 0. The van der Waals surface area contributed by atoms with Crippen LogP contribution in [-0.4, -0.2) is 52.0 Å². The molecule has 3 heterocycles. The maximum Gasteiger partial charge on any atom is 0.157 e. The molecule has 3 N–H and O–H groups in total. The molecule has 0 aliphatic carbocycles. The van der Waals surface area contributed by atoms with Gasteiger partial charge in [-0.1, -0.05) is 36.4 Å². The molecule has 34 heavy (non-hydrogen) atoms. The molecule has 2 bridgehead atoms. The van der Waals surface area contributed by atoms with E-state index < -0.39 is 5.82 Å². The predicted octanol–water partition coefficient (Wildman–Crippen LogP) is 4.24. The standard InChI is InChI=1S/C27H25FN4O2/c28-25-21(23-13-19(34)12-16-4-1-2-5-20(16)23)9-10-22-26(25)30-24(6-3-11-33)31-27(22)32-14-17-7-8-18(15-32)29-17/h1-6,9-10,12-13,17-18,29,33-34H,7-8,11,14-15H2/b6-3+/t17-,18+. The molecule has 0 unspecified atom stereocenters. The predicted molar refractivity (Wildman–Crippen MR) is 132 cm³/mol. The van der Waals surface area contributed by atoms with Crippen LogP contribution in [0.1, 0.15) is 18.7 Å². The molecule has 7 heteroatoms. The Kier molecular flexibility index (Phi) is 5.16. The van der Waals surface area contributed by atoms with Crippen molar-refractivity contribution in [2.45, 2.75) is 24.9 Å². The highest BCUT2D eigenvalue weighted by atomic mass is 19.1. The zero-order valence-corrected chi connectivity index (χ0v) is 18.6. The van der Waals surface area contributed by atoms with E-state index in [0.717, 1.165) is 36.7 Å². The summed E-state index contributed by atoms with van der Waals surface area (Å²) in [4.78, 5) is 11.5. The van der Waals surface area contributed by atoms with Crippen molar-refractivity contribution in [1.82, 2.24) is 15.3 Å². The molecule has 6 nitrogen and oxygen atoms in total. The third-order valence-electron chi connectivity index (χ3n) is 6.83. The first-order valence-corrected chi connectivity index (χ1v) is 11.6. The van der Waals surface area contributed by atoms with E-state index in [1.165, 1.54) is 0 Å². The molecule has 2 fully saturated rings. The summed E-state index contributed by atoms with van der Waals surface area (Å²) in [6, 6.07) is 15.3. The van der Waals surface area contributed by atoms with Crippen LogP contribution in [0.2, 0.25) is 0 Å². The summed E-state index contributed by atoms with van der Waals surface area (Å²) in [5.74, 6) is 0.708. The van der Waals surface area contributed by atoms with Crippen molar-refractivity contribution in [3.05, 3.63) is 66.2 Å². The van der Waals surface area contributed by atoms with E-state index in [1.54, 1.807) is 30.4 Å². The molecule has 3 aromatic carbocycles. The highest BCUT2D eigenvalue weighted by Crippen LogP contribution is 2.38. The summed E-state index contributed by atoms with van der Waals surface area (Å²) in [7, 11) is 0. The maximum absolute atomic E-state index is 16.2. The van der Waals surface area contributed by atoms with E-state index >= 15 is 4.39 Å². The lowest BCUT2D eigenvalue weighted by Gasteiger charge is -2.34. The number of aromatic nitrogens is 2. The van der Waals surface area contributed by atoms with Crippen molar-refractivity contribution < 1.29 is 14.6 Å². The molecule has 0 radical (unpaired) electrons. The van der Waals surface area contributed by atoms with Gasteiger partial charge in [0.2, 0.25) is 0 Å². The Balaban J connectivity index is 1.56. The number of fused-ring (bicyclic) bond motifs is 4. The minimum absolute atomic E-state index is 0.0828. The van der Waals surface area contributed by atoms with E-state index in [2.05, 4.69) is 15.2 Å². The van der Waals surface area contributed by atoms with Gasteiger partial charge < -0.3 is 20.4 Å². The van der Waals surface area contributed by atoms with E-state index in [-0.39, 0.29) is 17.9 Å². The monoisotopic (exact) mass is 456 g/mol. The van der Waals surface area contributed by atoms with Crippen molar-refractivity contribution in [1.29, 1.82) is 0 Å². The van der Waals surface area contributed by atoms with Crippen molar-refractivity contribution in [2.24, 2.45) is 0 Å². The molecular weight excluding hydrogens is 431 g/mol. The molecule has 6 rings (SSSR count). The second-order valence-electron chi connectivity index (χ2n) is 9.07. The summed E-state index contributed by atoms with van der Waals surface area (Å²) in [5, 5.41) is 25.5. The van der Waals surface area contributed by atoms with Gasteiger partial charge in [-0.05, 0) is 53.5 Å². The van der Waals surface area contributed by atoms with Crippen molar-refractivity contribution in [3.63, 3.8) is 0 Å². The minimum atomic E-state index is -0.450. The summed E-state index contributed by atoms with van der Waals surface area (Å²) in [5.41, 5.74) is 1.22. The molecule has 2 saturated heterocycles. The van der Waals surface area contributed by atoms with E-state index in [9.17, 15) is 10.2 Å². The molecule has 0 amide bonds. The van der Waals surface area contributed by atoms with Gasteiger partial charge >= 0.3 is 0 Å². The van der Waals surface area contributed by atoms with Gasteiger partial charge in [0, 0.05) is 36.1 Å². The van der Waals surface area contributed by atoms with Crippen LogP contribution in [0.3, 0.4) is 0 Å². The maximum atomic E-state index is 16.2. The number of aliphatic hydroxyl groups excluding tert-OH is 1. The summed E-state index contributed by atoms with van der Waals surface area (Å²) < 4.78 is 16.2. The van der Waals surface area contributed by atoms with Crippen LogP contribution in [0.15, 0.2) is 54.6 Å². The second kappa shape index (κ2) is 8.34. The fourth-order valence-electron chi connectivity index (χ4n) is 5.33. The Morgan fingerprint density at radius 3 is 2.59 bits per heavy atom. The van der Waals surface area contributed by atoms with Crippen LogP contribution >= 0.6 is 0 Å². The SMILES string of the molecule is OC/C=C/c1nc(N2C[C@H]3CC[C@@H](C2)N3)c2ccc(-c3cc(O)cc4ccccc34)c(F)c2n1. The average Bonchev–Trinajstić information content (AvgIpc) is 3.19. The number of phenolic OH excluding ortho intramolecular Hbond substituents is 1. The van der Waals surface area contributed by atoms with E-state index in [1.807, 2.05) is 30.3 Å². The van der Waals surface area contributed by atoms with Gasteiger partial charge in [0.1, 0.15) is 17.1 Å². The Labute approximate surface area is 196 Å². The van der Waals surface area contributed by atoms with Crippen molar-refractivity contribution in [3.8, 4) is 16.9 Å². The molecule has 0 spiro atoms. The third-order valence-corrected chi connectivity index (χ3v) is 6.83. The molecule has 4 aromatic rings. The van der Waals surface area contributed by atoms with Gasteiger partial charge in [-0.15, -0.1) is 0 Å². The Morgan fingerprint density at radius 2 is 1.79 bits per heavy atom. The van der Waals surface area contributed by atoms with Gasteiger partial charge in [0.15, 0.2) is 11.6 Å². The zero-order chi connectivity index (χ0) is 23.2. The lowest BCUT2D eigenvalue weighted by Crippen LogP contribution is -2.51. The lowest BCUT2D eigenvalue weighted by atomic mass is 9.96. The van der Waals surface area contributed by atoms with Crippen LogP contribution in [-0.2, 0) is 0 Å². The quantitative estimate of drug-likeness (QED) is 0.426. The van der Waals surface area contributed by atoms with Gasteiger partial charge in [-0.2, -0.15) is 0 Å².